The molecule has 14 heavy (non-hydrogen) atoms. The van der Waals surface area contributed by atoms with Crippen molar-refractivity contribution in [3.63, 3.8) is 0 Å². The monoisotopic (exact) mass is 275 g/mol. The fraction of sp³-hybridized carbons (Fsp3) is 0.500. The van der Waals surface area contributed by atoms with E-state index < -0.39 is 0 Å². The lowest BCUT2D eigenvalue weighted by atomic mass is 10.2. The van der Waals surface area contributed by atoms with Gasteiger partial charge in [-0.2, -0.15) is 0 Å². The summed E-state index contributed by atoms with van der Waals surface area (Å²) < 4.78 is 1.11. The summed E-state index contributed by atoms with van der Waals surface area (Å²) in [5.74, 6) is 0.211. The minimum absolute atomic E-state index is 0.00382. The van der Waals surface area contributed by atoms with Crippen LogP contribution in [0.25, 0.3) is 0 Å². The quantitative estimate of drug-likeness (QED) is 0.842. The Balaban J connectivity index is 2.56. The van der Waals surface area contributed by atoms with Crippen molar-refractivity contribution in [2.75, 3.05) is 7.05 Å². The minimum Gasteiger partial charge on any atom is -0.298 e. The fourth-order valence-electron chi connectivity index (χ4n) is 1.13. The van der Waals surface area contributed by atoms with Crippen LogP contribution in [-0.2, 0) is 11.3 Å². The molecule has 0 saturated carbocycles. The van der Waals surface area contributed by atoms with Gasteiger partial charge in [-0.05, 0) is 42.9 Å². The SMILES string of the molecule is CC(=O)C(C)N(C)Cc1cc(Br)cs1. The summed E-state index contributed by atoms with van der Waals surface area (Å²) in [4.78, 5) is 14.5. The van der Waals surface area contributed by atoms with Crippen molar-refractivity contribution in [3.05, 3.63) is 20.8 Å². The topological polar surface area (TPSA) is 20.3 Å². The predicted octanol–water partition coefficient (Wildman–Crippen LogP) is 2.92. The highest BCUT2D eigenvalue weighted by molar-refractivity contribution is 9.10. The molecule has 1 rings (SSSR count). The Morgan fingerprint density at radius 1 is 1.71 bits per heavy atom. The molecule has 0 amide bonds. The van der Waals surface area contributed by atoms with Crippen LogP contribution < -0.4 is 0 Å². The van der Waals surface area contributed by atoms with Gasteiger partial charge in [0.15, 0.2) is 0 Å². The Kier molecular flexibility index (Phi) is 4.29. The maximum absolute atomic E-state index is 11.1. The van der Waals surface area contributed by atoms with Gasteiger partial charge in [0.2, 0.25) is 0 Å². The standard InChI is InChI=1S/C10H14BrNOS/c1-7(8(2)13)12(3)5-10-4-9(11)6-14-10/h4,6-7H,5H2,1-3H3. The Labute approximate surface area is 97.1 Å². The molecule has 1 aromatic heterocycles. The number of hydrogen-bond donors (Lipinski definition) is 0. The predicted molar refractivity (Wildman–Crippen MR) is 63.6 cm³/mol. The van der Waals surface area contributed by atoms with Crippen LogP contribution in [0.5, 0.6) is 0 Å². The summed E-state index contributed by atoms with van der Waals surface area (Å²) in [6.07, 6.45) is 0. The maximum Gasteiger partial charge on any atom is 0.146 e. The highest BCUT2D eigenvalue weighted by Gasteiger charge is 2.14. The van der Waals surface area contributed by atoms with Crippen molar-refractivity contribution in [2.24, 2.45) is 0 Å². The number of hydrogen-bond acceptors (Lipinski definition) is 3. The lowest BCUT2D eigenvalue weighted by Gasteiger charge is -2.21. The fourth-order valence-corrected chi connectivity index (χ4v) is 2.64. The van der Waals surface area contributed by atoms with Crippen molar-refractivity contribution in [1.29, 1.82) is 0 Å². The molecule has 1 unspecified atom stereocenters. The molecule has 0 aromatic carbocycles. The average molecular weight is 276 g/mol. The average Bonchev–Trinajstić information content (AvgIpc) is 2.49. The number of halogens is 1. The van der Waals surface area contributed by atoms with Gasteiger partial charge < -0.3 is 0 Å². The van der Waals surface area contributed by atoms with E-state index in [4.69, 9.17) is 0 Å². The van der Waals surface area contributed by atoms with E-state index in [0.717, 1.165) is 11.0 Å². The third kappa shape index (κ3) is 3.19. The van der Waals surface area contributed by atoms with Crippen LogP contribution in [-0.4, -0.2) is 23.8 Å². The largest absolute Gasteiger partial charge is 0.298 e. The number of nitrogens with zero attached hydrogens (tertiary/aromatic N) is 1. The van der Waals surface area contributed by atoms with Gasteiger partial charge in [-0.3, -0.25) is 9.69 Å². The molecule has 0 fully saturated rings. The van der Waals surface area contributed by atoms with Crippen LogP contribution in [0.15, 0.2) is 15.9 Å². The van der Waals surface area contributed by atoms with Gasteiger partial charge in [0.05, 0.1) is 6.04 Å². The molecule has 0 aliphatic heterocycles. The molecule has 0 radical (unpaired) electrons. The van der Waals surface area contributed by atoms with Crippen molar-refractivity contribution in [2.45, 2.75) is 26.4 Å². The first-order valence-electron chi connectivity index (χ1n) is 4.44. The molecule has 4 heteroatoms. The molecule has 78 valence electrons. The highest BCUT2D eigenvalue weighted by atomic mass is 79.9. The normalized spacial score (nSPS) is 13.2. The number of carbonyl (C=O) groups excluding carboxylic acids is 1. The first-order valence-corrected chi connectivity index (χ1v) is 6.11. The molecule has 0 bridgehead atoms. The van der Waals surface area contributed by atoms with Crippen LogP contribution in [0.4, 0.5) is 0 Å². The van der Waals surface area contributed by atoms with E-state index in [1.807, 2.05) is 14.0 Å². The van der Waals surface area contributed by atoms with Crippen molar-refractivity contribution >= 4 is 33.0 Å². The van der Waals surface area contributed by atoms with Crippen LogP contribution >= 0.6 is 27.3 Å². The zero-order valence-electron chi connectivity index (χ0n) is 8.58. The number of likely N-dealkylation sites (N-methyl/N-ethyl adjacent to an activating group) is 1. The van der Waals surface area contributed by atoms with Gasteiger partial charge in [0.25, 0.3) is 0 Å². The number of Topliss-reactive ketones (excluding diaryl/α,β-unsaturated/α-hetero) is 1. The van der Waals surface area contributed by atoms with Crippen molar-refractivity contribution in [1.82, 2.24) is 4.90 Å². The molecular formula is C10H14BrNOS. The maximum atomic E-state index is 11.1. The molecule has 0 N–H and O–H groups in total. The van der Waals surface area contributed by atoms with Crippen LogP contribution in [0.2, 0.25) is 0 Å². The molecule has 2 nitrogen and oxygen atoms in total. The van der Waals surface area contributed by atoms with E-state index in [2.05, 4.69) is 32.3 Å². The molecule has 1 atom stereocenters. The summed E-state index contributed by atoms with van der Waals surface area (Å²) in [6, 6.07) is 2.09. The molecular weight excluding hydrogens is 262 g/mol. The lowest BCUT2D eigenvalue weighted by Crippen LogP contribution is -2.33. The number of carbonyl (C=O) groups is 1. The van der Waals surface area contributed by atoms with E-state index in [1.54, 1.807) is 18.3 Å². The summed E-state index contributed by atoms with van der Waals surface area (Å²) in [5.41, 5.74) is 0. The zero-order valence-corrected chi connectivity index (χ0v) is 11.0. The smallest absolute Gasteiger partial charge is 0.146 e. The van der Waals surface area contributed by atoms with E-state index in [9.17, 15) is 4.79 Å². The van der Waals surface area contributed by atoms with E-state index >= 15 is 0 Å². The second-order valence-corrected chi connectivity index (χ2v) is 5.34. The zero-order chi connectivity index (χ0) is 10.7. The van der Waals surface area contributed by atoms with E-state index in [1.165, 1.54) is 4.88 Å². The summed E-state index contributed by atoms with van der Waals surface area (Å²) in [6.45, 7) is 4.40. The Bertz CT molecular complexity index is 324. The highest BCUT2D eigenvalue weighted by Crippen LogP contribution is 2.21. The van der Waals surface area contributed by atoms with E-state index in [-0.39, 0.29) is 11.8 Å². The van der Waals surface area contributed by atoms with Gasteiger partial charge in [-0.1, -0.05) is 0 Å². The summed E-state index contributed by atoms with van der Waals surface area (Å²) in [7, 11) is 1.97. The van der Waals surface area contributed by atoms with Gasteiger partial charge in [-0.15, -0.1) is 11.3 Å². The third-order valence-corrected chi connectivity index (χ3v) is 3.96. The molecule has 0 saturated heterocycles. The summed E-state index contributed by atoms with van der Waals surface area (Å²) in [5, 5.41) is 2.06. The number of thiophene rings is 1. The van der Waals surface area contributed by atoms with Gasteiger partial charge in [-0.25, -0.2) is 0 Å². The third-order valence-electron chi connectivity index (χ3n) is 2.28. The molecule has 0 aliphatic carbocycles. The second kappa shape index (κ2) is 5.05. The number of rotatable bonds is 4. The minimum atomic E-state index is -0.00382. The molecule has 0 aliphatic rings. The Morgan fingerprint density at radius 3 is 2.79 bits per heavy atom. The van der Waals surface area contributed by atoms with Gasteiger partial charge >= 0.3 is 0 Å². The first-order chi connectivity index (χ1) is 6.50. The van der Waals surface area contributed by atoms with Crippen LogP contribution in [0.1, 0.15) is 18.7 Å². The van der Waals surface area contributed by atoms with Gasteiger partial charge in [0, 0.05) is 21.3 Å². The second-order valence-electron chi connectivity index (χ2n) is 3.43. The summed E-state index contributed by atoms with van der Waals surface area (Å²) >= 11 is 5.12. The molecule has 1 aromatic rings. The van der Waals surface area contributed by atoms with Gasteiger partial charge in [0.1, 0.15) is 5.78 Å². The Hall–Kier alpha value is -0.190. The first kappa shape index (κ1) is 11.9. The lowest BCUT2D eigenvalue weighted by molar-refractivity contribution is -0.121. The van der Waals surface area contributed by atoms with Crippen LogP contribution in [0, 0.1) is 0 Å². The van der Waals surface area contributed by atoms with Crippen molar-refractivity contribution in [3.8, 4) is 0 Å². The molecule has 1 heterocycles. The molecule has 0 spiro atoms. The van der Waals surface area contributed by atoms with E-state index in [0.29, 0.717) is 0 Å². The van der Waals surface area contributed by atoms with Crippen LogP contribution in [0.3, 0.4) is 0 Å². The number of ketones is 1. The van der Waals surface area contributed by atoms with Crippen molar-refractivity contribution < 1.29 is 4.79 Å². The Morgan fingerprint density at radius 2 is 2.36 bits per heavy atom.